The predicted molar refractivity (Wildman–Crippen MR) is 114 cm³/mol. The molecular formula is C21H28N6O2. The maximum Gasteiger partial charge on any atom is 0.191 e. The highest BCUT2D eigenvalue weighted by molar-refractivity contribution is 5.79. The number of aliphatic imine (C=N–C) groups is 1. The zero-order valence-corrected chi connectivity index (χ0v) is 17.2. The number of methoxy groups -OCH3 is 2. The monoisotopic (exact) mass is 396 g/mol. The van der Waals surface area contributed by atoms with Gasteiger partial charge in [-0.3, -0.25) is 9.39 Å². The highest BCUT2D eigenvalue weighted by atomic mass is 16.5. The summed E-state index contributed by atoms with van der Waals surface area (Å²) in [5.74, 6) is 3.18. The fraction of sp³-hybridized carbons (Fsp3) is 0.381. The molecule has 0 bridgehead atoms. The lowest BCUT2D eigenvalue weighted by molar-refractivity contribution is 0.354. The van der Waals surface area contributed by atoms with E-state index in [1.54, 1.807) is 14.2 Å². The molecule has 0 spiro atoms. The molecule has 0 saturated heterocycles. The van der Waals surface area contributed by atoms with Crippen molar-refractivity contribution in [3.63, 3.8) is 0 Å². The second-order valence-electron chi connectivity index (χ2n) is 6.42. The van der Waals surface area contributed by atoms with Crippen molar-refractivity contribution in [1.82, 2.24) is 25.2 Å². The number of nitrogens with one attached hydrogen (secondary N) is 2. The minimum Gasteiger partial charge on any atom is -0.493 e. The molecule has 0 aliphatic rings. The third-order valence-electron chi connectivity index (χ3n) is 4.49. The lowest BCUT2D eigenvalue weighted by Gasteiger charge is -2.12. The molecule has 3 aromatic rings. The zero-order valence-electron chi connectivity index (χ0n) is 17.2. The van der Waals surface area contributed by atoms with Gasteiger partial charge in [0.15, 0.2) is 23.1 Å². The van der Waals surface area contributed by atoms with E-state index in [1.165, 1.54) is 5.56 Å². The van der Waals surface area contributed by atoms with Gasteiger partial charge in [-0.2, -0.15) is 0 Å². The van der Waals surface area contributed by atoms with Gasteiger partial charge in [0.25, 0.3) is 0 Å². The van der Waals surface area contributed by atoms with E-state index in [1.807, 2.05) is 47.0 Å². The predicted octanol–water partition coefficient (Wildman–Crippen LogP) is 2.09. The minimum absolute atomic E-state index is 0.626. The van der Waals surface area contributed by atoms with Crippen molar-refractivity contribution in [3.05, 3.63) is 54.0 Å². The molecule has 0 saturated carbocycles. The van der Waals surface area contributed by atoms with Crippen LogP contribution in [0.1, 0.15) is 18.3 Å². The van der Waals surface area contributed by atoms with Crippen molar-refractivity contribution < 1.29 is 9.47 Å². The Labute approximate surface area is 171 Å². The average Bonchev–Trinajstić information content (AvgIpc) is 3.17. The summed E-state index contributed by atoms with van der Waals surface area (Å²) in [6, 6.07) is 11.8. The summed E-state index contributed by atoms with van der Waals surface area (Å²) < 4.78 is 12.6. The fourth-order valence-electron chi connectivity index (χ4n) is 3.03. The van der Waals surface area contributed by atoms with Gasteiger partial charge in [0.2, 0.25) is 0 Å². The van der Waals surface area contributed by atoms with E-state index in [-0.39, 0.29) is 0 Å². The number of aromatic nitrogens is 3. The first-order valence-electron chi connectivity index (χ1n) is 9.77. The molecule has 0 unspecified atom stereocenters. The zero-order chi connectivity index (χ0) is 20.5. The van der Waals surface area contributed by atoms with Crippen LogP contribution in [0.25, 0.3) is 5.65 Å². The summed E-state index contributed by atoms with van der Waals surface area (Å²) in [5.41, 5.74) is 2.02. The molecule has 0 aliphatic heterocycles. The van der Waals surface area contributed by atoms with Gasteiger partial charge in [-0.15, -0.1) is 10.2 Å². The molecule has 8 nitrogen and oxygen atoms in total. The van der Waals surface area contributed by atoms with Crippen molar-refractivity contribution >= 4 is 11.6 Å². The number of benzene rings is 1. The first-order chi connectivity index (χ1) is 14.2. The standard InChI is InChI=1S/C21H28N6O2/c1-4-22-21(23-12-10-16-8-9-17(28-2)18(15-16)29-3)24-13-11-20-26-25-19-7-5-6-14-27(19)20/h5-9,14-15H,4,10-13H2,1-3H3,(H2,22,23,24). The molecule has 2 aromatic heterocycles. The van der Waals surface area contributed by atoms with E-state index in [0.717, 1.165) is 54.9 Å². The van der Waals surface area contributed by atoms with Crippen LogP contribution in [0.3, 0.4) is 0 Å². The van der Waals surface area contributed by atoms with Crippen LogP contribution in [0, 0.1) is 0 Å². The van der Waals surface area contributed by atoms with E-state index in [2.05, 4.69) is 32.7 Å². The number of guanidine groups is 1. The van der Waals surface area contributed by atoms with Crippen molar-refractivity contribution in [2.75, 3.05) is 33.9 Å². The van der Waals surface area contributed by atoms with Gasteiger partial charge < -0.3 is 20.1 Å². The Morgan fingerprint density at radius 1 is 1.03 bits per heavy atom. The number of fused-ring (bicyclic) bond motifs is 1. The third-order valence-corrected chi connectivity index (χ3v) is 4.49. The molecule has 0 radical (unpaired) electrons. The SMILES string of the molecule is CCNC(=NCCc1nnc2ccccn12)NCCc1ccc(OC)c(OC)c1. The fourth-order valence-corrected chi connectivity index (χ4v) is 3.03. The van der Waals surface area contributed by atoms with Gasteiger partial charge in [-0.1, -0.05) is 12.1 Å². The summed E-state index contributed by atoms with van der Waals surface area (Å²) in [7, 11) is 3.29. The Bertz CT molecular complexity index is 953. The first kappa shape index (κ1) is 20.4. The number of pyridine rings is 1. The Balaban J connectivity index is 1.54. The van der Waals surface area contributed by atoms with Crippen molar-refractivity contribution in [3.8, 4) is 11.5 Å². The van der Waals surface area contributed by atoms with Crippen molar-refractivity contribution in [2.45, 2.75) is 19.8 Å². The quantitative estimate of drug-likeness (QED) is 0.426. The Hall–Kier alpha value is -3.29. The largest absolute Gasteiger partial charge is 0.493 e. The molecule has 0 amide bonds. The Kier molecular flexibility index (Phi) is 7.27. The molecule has 8 heteroatoms. The summed E-state index contributed by atoms with van der Waals surface area (Å²) >= 11 is 0. The maximum absolute atomic E-state index is 5.37. The molecule has 2 heterocycles. The normalized spacial score (nSPS) is 11.5. The molecular weight excluding hydrogens is 368 g/mol. The number of ether oxygens (including phenoxy) is 2. The van der Waals surface area contributed by atoms with Gasteiger partial charge >= 0.3 is 0 Å². The average molecular weight is 396 g/mol. The van der Waals surface area contributed by atoms with E-state index in [0.29, 0.717) is 6.54 Å². The molecule has 3 rings (SSSR count). The first-order valence-corrected chi connectivity index (χ1v) is 9.77. The number of rotatable bonds is 9. The van der Waals surface area contributed by atoms with Crippen molar-refractivity contribution in [1.29, 1.82) is 0 Å². The van der Waals surface area contributed by atoms with Gasteiger partial charge in [-0.25, -0.2) is 0 Å². The topological polar surface area (TPSA) is 85.1 Å². The summed E-state index contributed by atoms with van der Waals surface area (Å²) in [5, 5.41) is 15.1. The van der Waals surface area contributed by atoms with Crippen molar-refractivity contribution in [2.24, 2.45) is 4.99 Å². The Morgan fingerprint density at radius 2 is 1.90 bits per heavy atom. The number of hydrogen-bond acceptors (Lipinski definition) is 5. The highest BCUT2D eigenvalue weighted by Crippen LogP contribution is 2.27. The third kappa shape index (κ3) is 5.37. The molecule has 1 aromatic carbocycles. The van der Waals surface area contributed by atoms with Crippen LogP contribution in [0.2, 0.25) is 0 Å². The Morgan fingerprint density at radius 3 is 2.69 bits per heavy atom. The summed E-state index contributed by atoms with van der Waals surface area (Å²) in [6.45, 7) is 4.24. The number of nitrogens with zero attached hydrogens (tertiary/aromatic N) is 4. The van der Waals surface area contributed by atoms with Crippen LogP contribution in [0.5, 0.6) is 11.5 Å². The van der Waals surface area contributed by atoms with Gasteiger partial charge in [0.05, 0.1) is 14.2 Å². The van der Waals surface area contributed by atoms with Gasteiger partial charge in [-0.05, 0) is 43.2 Å². The molecule has 2 N–H and O–H groups in total. The van der Waals surface area contributed by atoms with E-state index in [4.69, 9.17) is 9.47 Å². The second kappa shape index (κ2) is 10.3. The van der Waals surface area contributed by atoms with Crippen LogP contribution >= 0.6 is 0 Å². The lowest BCUT2D eigenvalue weighted by atomic mass is 10.1. The lowest BCUT2D eigenvalue weighted by Crippen LogP contribution is -2.38. The summed E-state index contributed by atoms with van der Waals surface area (Å²) in [6.07, 6.45) is 3.54. The van der Waals surface area contributed by atoms with Gasteiger partial charge in [0.1, 0.15) is 5.82 Å². The van der Waals surface area contributed by atoms with Crippen LogP contribution in [0.15, 0.2) is 47.6 Å². The molecule has 29 heavy (non-hydrogen) atoms. The van der Waals surface area contributed by atoms with Crippen LogP contribution in [-0.2, 0) is 12.8 Å². The second-order valence-corrected chi connectivity index (χ2v) is 6.42. The molecule has 0 aliphatic carbocycles. The number of hydrogen-bond donors (Lipinski definition) is 2. The molecule has 0 atom stereocenters. The molecule has 0 fully saturated rings. The maximum atomic E-state index is 5.37. The van der Waals surface area contributed by atoms with Crippen LogP contribution in [-0.4, -0.2) is 54.4 Å². The van der Waals surface area contributed by atoms with Gasteiger partial charge in [0, 0.05) is 32.3 Å². The highest BCUT2D eigenvalue weighted by Gasteiger charge is 2.06. The summed E-state index contributed by atoms with van der Waals surface area (Å²) in [4.78, 5) is 4.66. The minimum atomic E-state index is 0.626. The smallest absolute Gasteiger partial charge is 0.191 e. The van der Waals surface area contributed by atoms with Crippen LogP contribution < -0.4 is 20.1 Å². The van der Waals surface area contributed by atoms with E-state index >= 15 is 0 Å². The van der Waals surface area contributed by atoms with E-state index in [9.17, 15) is 0 Å². The van der Waals surface area contributed by atoms with E-state index < -0.39 is 0 Å². The molecule has 154 valence electrons. The van der Waals surface area contributed by atoms with Crippen LogP contribution in [0.4, 0.5) is 0 Å².